The Morgan fingerprint density at radius 1 is 1.10 bits per heavy atom. The summed E-state index contributed by atoms with van der Waals surface area (Å²) in [6, 6.07) is 6.01. The molecule has 0 aliphatic carbocycles. The maximum Gasteiger partial charge on any atom is 0.326 e. The van der Waals surface area contributed by atoms with Crippen molar-refractivity contribution in [3.05, 3.63) is 35.9 Å². The molecule has 0 aromatic heterocycles. The molecule has 166 valence electrons. The van der Waals surface area contributed by atoms with E-state index in [1.165, 1.54) is 11.8 Å². The Morgan fingerprint density at radius 2 is 1.77 bits per heavy atom. The molecule has 1 aromatic rings. The quantitative estimate of drug-likeness (QED) is 0.217. The first-order chi connectivity index (χ1) is 14.3. The van der Waals surface area contributed by atoms with Crippen LogP contribution in [0.1, 0.15) is 12.0 Å². The van der Waals surface area contributed by atoms with E-state index in [4.69, 9.17) is 5.73 Å². The lowest BCUT2D eigenvalue weighted by atomic mass is 10.1. The average Bonchev–Trinajstić information content (AvgIpc) is 2.74. The largest absolute Gasteiger partial charge is 0.480 e. The van der Waals surface area contributed by atoms with Crippen LogP contribution in [0, 0.1) is 0 Å². The molecule has 0 bridgehead atoms. The van der Waals surface area contributed by atoms with Gasteiger partial charge in [0.05, 0.1) is 12.6 Å². The van der Waals surface area contributed by atoms with Crippen LogP contribution in [0.4, 0.5) is 0 Å². The first-order valence-electron chi connectivity index (χ1n) is 9.28. The zero-order valence-corrected chi connectivity index (χ0v) is 18.4. The van der Waals surface area contributed by atoms with E-state index in [1.807, 2.05) is 12.3 Å². The summed E-state index contributed by atoms with van der Waals surface area (Å²) >= 11 is 5.40. The number of aliphatic carboxylic acids is 1. The van der Waals surface area contributed by atoms with E-state index in [-0.39, 0.29) is 18.7 Å². The molecule has 1 aromatic carbocycles. The molecule has 9 nitrogen and oxygen atoms in total. The Kier molecular flexibility index (Phi) is 11.9. The van der Waals surface area contributed by atoms with Gasteiger partial charge in [0, 0.05) is 12.2 Å². The third-order valence-corrected chi connectivity index (χ3v) is 5.15. The fourth-order valence-electron chi connectivity index (χ4n) is 2.45. The predicted molar refractivity (Wildman–Crippen MR) is 119 cm³/mol. The summed E-state index contributed by atoms with van der Waals surface area (Å²) in [7, 11) is 0. The molecule has 0 heterocycles. The Morgan fingerprint density at radius 3 is 2.33 bits per heavy atom. The second-order valence-electron chi connectivity index (χ2n) is 6.50. The maximum absolute atomic E-state index is 12.7. The number of thioether (sulfide) groups is 1. The number of carboxylic acids is 1. The molecular weight excluding hydrogens is 428 g/mol. The lowest BCUT2D eigenvalue weighted by molar-refractivity contribution is -0.142. The number of carboxylic acid groups (broad SMARTS) is 1. The van der Waals surface area contributed by atoms with E-state index in [1.54, 1.807) is 24.3 Å². The van der Waals surface area contributed by atoms with E-state index < -0.39 is 41.8 Å². The van der Waals surface area contributed by atoms with E-state index in [0.717, 1.165) is 5.56 Å². The van der Waals surface area contributed by atoms with Crippen molar-refractivity contribution in [1.29, 1.82) is 0 Å². The van der Waals surface area contributed by atoms with E-state index in [2.05, 4.69) is 28.6 Å². The van der Waals surface area contributed by atoms with Crippen LogP contribution in [-0.4, -0.2) is 71.2 Å². The van der Waals surface area contributed by atoms with Gasteiger partial charge in [-0.25, -0.2) is 4.79 Å². The standard InChI is InChI=1S/C19H28N4O5S2/c1-30-8-7-14(22-16(24)10-21-17(25)13(20)11-29)18(26)23-15(19(27)28)9-12-5-3-2-4-6-12/h2-6,13-15,29H,7-11,20H2,1H3,(H,21,25)(H,22,24)(H,23,26)(H,27,28). The third kappa shape index (κ3) is 9.51. The zero-order chi connectivity index (χ0) is 22.5. The summed E-state index contributed by atoms with van der Waals surface area (Å²) in [5.41, 5.74) is 6.28. The van der Waals surface area contributed by atoms with Gasteiger partial charge in [-0.1, -0.05) is 30.3 Å². The molecular formula is C19H28N4O5S2. The minimum atomic E-state index is -1.17. The fourth-order valence-corrected chi connectivity index (χ4v) is 3.09. The van der Waals surface area contributed by atoms with Crippen molar-refractivity contribution in [2.75, 3.05) is 24.3 Å². The summed E-state index contributed by atoms with van der Waals surface area (Å²) in [4.78, 5) is 48.1. The molecule has 0 fully saturated rings. The van der Waals surface area contributed by atoms with Gasteiger partial charge in [0.15, 0.2) is 0 Å². The van der Waals surface area contributed by atoms with Crippen LogP contribution in [0.15, 0.2) is 30.3 Å². The van der Waals surface area contributed by atoms with Crippen molar-refractivity contribution in [1.82, 2.24) is 16.0 Å². The molecule has 0 radical (unpaired) electrons. The Balaban J connectivity index is 2.72. The number of nitrogens with one attached hydrogen (secondary N) is 3. The van der Waals surface area contributed by atoms with Crippen LogP contribution in [-0.2, 0) is 25.6 Å². The van der Waals surface area contributed by atoms with Gasteiger partial charge in [-0.15, -0.1) is 0 Å². The minimum absolute atomic E-state index is 0.114. The summed E-state index contributed by atoms with van der Waals surface area (Å²) in [6.07, 6.45) is 2.27. The number of rotatable bonds is 13. The van der Waals surface area contributed by atoms with Gasteiger partial charge < -0.3 is 26.8 Å². The van der Waals surface area contributed by atoms with Gasteiger partial charge in [-0.3, -0.25) is 14.4 Å². The highest BCUT2D eigenvalue weighted by Crippen LogP contribution is 2.06. The van der Waals surface area contributed by atoms with Crippen LogP contribution in [0.5, 0.6) is 0 Å². The lowest BCUT2D eigenvalue weighted by Crippen LogP contribution is -2.54. The van der Waals surface area contributed by atoms with Crippen LogP contribution in [0.2, 0.25) is 0 Å². The van der Waals surface area contributed by atoms with Gasteiger partial charge >= 0.3 is 5.97 Å². The molecule has 30 heavy (non-hydrogen) atoms. The molecule has 0 saturated carbocycles. The van der Waals surface area contributed by atoms with Gasteiger partial charge in [0.25, 0.3) is 0 Å². The van der Waals surface area contributed by atoms with Crippen LogP contribution >= 0.6 is 24.4 Å². The van der Waals surface area contributed by atoms with Crippen molar-refractivity contribution >= 4 is 48.1 Å². The first kappa shape index (κ1) is 25.8. The number of carbonyl (C=O) groups excluding carboxylic acids is 3. The second kappa shape index (κ2) is 13.9. The molecule has 1 rings (SSSR count). The summed E-state index contributed by atoms with van der Waals surface area (Å²) in [5, 5.41) is 16.9. The van der Waals surface area contributed by atoms with Crippen molar-refractivity contribution in [3.8, 4) is 0 Å². The number of amides is 3. The van der Waals surface area contributed by atoms with Crippen molar-refractivity contribution in [3.63, 3.8) is 0 Å². The van der Waals surface area contributed by atoms with Crippen molar-refractivity contribution in [2.24, 2.45) is 5.73 Å². The summed E-state index contributed by atoms with van der Waals surface area (Å²) in [5.74, 6) is -2.17. The average molecular weight is 457 g/mol. The Bertz CT molecular complexity index is 720. The molecule has 0 saturated heterocycles. The van der Waals surface area contributed by atoms with Gasteiger partial charge in [0.1, 0.15) is 12.1 Å². The maximum atomic E-state index is 12.7. The number of hydrogen-bond donors (Lipinski definition) is 6. The van der Waals surface area contributed by atoms with Gasteiger partial charge in [0.2, 0.25) is 17.7 Å². The SMILES string of the molecule is CSCCC(NC(=O)CNC(=O)C(N)CS)C(=O)NC(Cc1ccccc1)C(=O)O. The number of nitrogens with two attached hydrogens (primary N) is 1. The predicted octanol–water partition coefficient (Wildman–Crippen LogP) is -0.590. The van der Waals surface area contributed by atoms with Crippen LogP contribution in [0.3, 0.4) is 0 Å². The van der Waals surface area contributed by atoms with E-state index in [0.29, 0.717) is 12.2 Å². The smallest absolute Gasteiger partial charge is 0.326 e. The molecule has 3 atom stereocenters. The monoisotopic (exact) mass is 456 g/mol. The molecule has 0 aliphatic heterocycles. The molecule has 11 heteroatoms. The third-order valence-electron chi connectivity index (χ3n) is 4.12. The number of hydrogen-bond acceptors (Lipinski definition) is 7. The topological polar surface area (TPSA) is 151 Å². The first-order valence-corrected chi connectivity index (χ1v) is 11.3. The van der Waals surface area contributed by atoms with E-state index >= 15 is 0 Å². The van der Waals surface area contributed by atoms with Crippen LogP contribution in [0.25, 0.3) is 0 Å². The minimum Gasteiger partial charge on any atom is -0.480 e. The molecule has 0 aliphatic rings. The molecule has 6 N–H and O–H groups in total. The zero-order valence-electron chi connectivity index (χ0n) is 16.7. The van der Waals surface area contributed by atoms with Gasteiger partial charge in [-0.2, -0.15) is 24.4 Å². The number of carbonyl (C=O) groups is 4. The lowest BCUT2D eigenvalue weighted by Gasteiger charge is -2.21. The number of benzene rings is 1. The highest BCUT2D eigenvalue weighted by molar-refractivity contribution is 7.98. The molecule has 0 spiro atoms. The molecule has 3 unspecified atom stereocenters. The van der Waals surface area contributed by atoms with Gasteiger partial charge in [-0.05, 0) is 24.0 Å². The Hall–Kier alpha value is -2.24. The van der Waals surface area contributed by atoms with Crippen LogP contribution < -0.4 is 21.7 Å². The summed E-state index contributed by atoms with van der Waals surface area (Å²) < 4.78 is 0. The fraction of sp³-hybridized carbons (Fsp3) is 0.474. The highest BCUT2D eigenvalue weighted by Gasteiger charge is 2.26. The Labute approximate surface area is 185 Å². The normalized spacial score (nSPS) is 13.6. The number of thiol groups is 1. The van der Waals surface area contributed by atoms with Crippen molar-refractivity contribution in [2.45, 2.75) is 31.0 Å². The highest BCUT2D eigenvalue weighted by atomic mass is 32.2. The summed E-state index contributed by atoms with van der Waals surface area (Å²) in [6.45, 7) is -0.351. The second-order valence-corrected chi connectivity index (χ2v) is 7.85. The van der Waals surface area contributed by atoms with E-state index in [9.17, 15) is 24.3 Å². The van der Waals surface area contributed by atoms with Crippen molar-refractivity contribution < 1.29 is 24.3 Å². The molecule has 3 amide bonds.